The number of Topliss-reactive ketones (excluding diaryl/α,β-unsaturated/α-hetero) is 1. The third kappa shape index (κ3) is 2.07. The molecule has 1 fully saturated rings. The Balaban J connectivity index is 2.20. The van der Waals surface area contributed by atoms with Gasteiger partial charge in [-0.05, 0) is 30.9 Å². The van der Waals surface area contributed by atoms with Crippen LogP contribution in [0.1, 0.15) is 29.3 Å². The predicted molar refractivity (Wildman–Crippen MR) is 56.8 cm³/mol. The zero-order valence-corrected chi connectivity index (χ0v) is 9.06. The molecule has 1 aromatic rings. The van der Waals surface area contributed by atoms with Gasteiger partial charge in [-0.15, -0.1) is 0 Å². The van der Waals surface area contributed by atoms with Crippen LogP contribution in [0.25, 0.3) is 0 Å². The number of hydrogen-bond donors (Lipinski definition) is 0. The molecule has 1 saturated heterocycles. The van der Waals surface area contributed by atoms with Crippen LogP contribution < -0.4 is 0 Å². The van der Waals surface area contributed by atoms with Crippen molar-refractivity contribution < 1.29 is 9.53 Å². The fraction of sp³-hybridized carbons (Fsp3) is 0.500. The van der Waals surface area contributed by atoms with Crippen molar-refractivity contribution >= 4 is 5.78 Å². The Morgan fingerprint density at radius 3 is 2.93 bits per heavy atom. The van der Waals surface area contributed by atoms with Gasteiger partial charge in [0.15, 0.2) is 5.78 Å². The van der Waals surface area contributed by atoms with E-state index in [0.29, 0.717) is 18.1 Å². The lowest BCUT2D eigenvalue weighted by Gasteiger charge is -2.12. The molecule has 0 aromatic carbocycles. The summed E-state index contributed by atoms with van der Waals surface area (Å²) in [6, 6.07) is 1.86. The molecule has 2 unspecified atom stereocenters. The van der Waals surface area contributed by atoms with Gasteiger partial charge in [0.1, 0.15) is 6.10 Å². The summed E-state index contributed by atoms with van der Waals surface area (Å²) in [7, 11) is 0. The number of carbonyl (C=O) groups is 1. The van der Waals surface area contributed by atoms with Crippen molar-refractivity contribution in [2.75, 3.05) is 6.61 Å². The molecule has 0 radical (unpaired) electrons. The van der Waals surface area contributed by atoms with Gasteiger partial charge >= 0.3 is 0 Å². The minimum Gasteiger partial charge on any atom is -0.370 e. The van der Waals surface area contributed by atoms with Crippen LogP contribution in [0.2, 0.25) is 0 Å². The summed E-state index contributed by atoms with van der Waals surface area (Å²) in [6.45, 7) is 4.68. The highest BCUT2D eigenvalue weighted by Crippen LogP contribution is 2.23. The van der Waals surface area contributed by atoms with E-state index in [1.807, 2.05) is 13.0 Å². The van der Waals surface area contributed by atoms with Gasteiger partial charge in [0.05, 0.1) is 0 Å². The Bertz CT molecular complexity index is 376. The number of aromatic nitrogens is 1. The van der Waals surface area contributed by atoms with E-state index in [2.05, 4.69) is 11.9 Å². The molecule has 2 heterocycles. The predicted octanol–water partition coefficient (Wildman–Crippen LogP) is 2.00. The van der Waals surface area contributed by atoms with Crippen LogP contribution in [0.3, 0.4) is 0 Å². The standard InChI is InChI=1S/C12H15NO2/c1-8-5-10(7-13-6-8)11(14)12-9(2)3-4-15-12/h5-7,9,12H,3-4H2,1-2H3. The van der Waals surface area contributed by atoms with Gasteiger partial charge < -0.3 is 4.74 Å². The molecule has 2 rings (SSSR count). The highest BCUT2D eigenvalue weighted by atomic mass is 16.5. The molecule has 0 saturated carbocycles. The lowest BCUT2D eigenvalue weighted by molar-refractivity contribution is 0.0579. The first-order chi connectivity index (χ1) is 7.18. The maximum atomic E-state index is 12.0. The number of rotatable bonds is 2. The van der Waals surface area contributed by atoms with Crippen LogP contribution in [0, 0.1) is 12.8 Å². The second-order valence-corrected chi connectivity index (χ2v) is 4.17. The summed E-state index contributed by atoms with van der Waals surface area (Å²) in [5.41, 5.74) is 1.67. The van der Waals surface area contributed by atoms with E-state index in [1.54, 1.807) is 12.4 Å². The minimum absolute atomic E-state index is 0.0659. The van der Waals surface area contributed by atoms with E-state index in [9.17, 15) is 4.79 Å². The molecule has 0 aliphatic carbocycles. The van der Waals surface area contributed by atoms with Gasteiger partial charge in [0.25, 0.3) is 0 Å². The highest BCUT2D eigenvalue weighted by molar-refractivity contribution is 5.99. The minimum atomic E-state index is -0.270. The second-order valence-electron chi connectivity index (χ2n) is 4.17. The number of ketones is 1. The molecule has 1 aliphatic rings. The molecular formula is C12H15NO2. The van der Waals surface area contributed by atoms with Crippen LogP contribution in [0.15, 0.2) is 18.5 Å². The topological polar surface area (TPSA) is 39.2 Å². The summed E-state index contributed by atoms with van der Waals surface area (Å²) in [5.74, 6) is 0.384. The summed E-state index contributed by atoms with van der Waals surface area (Å²) < 4.78 is 5.44. The quantitative estimate of drug-likeness (QED) is 0.693. The van der Waals surface area contributed by atoms with Crippen LogP contribution in [0.5, 0.6) is 0 Å². The molecule has 3 heteroatoms. The first-order valence-electron chi connectivity index (χ1n) is 5.26. The van der Waals surface area contributed by atoms with Crippen molar-refractivity contribution in [1.29, 1.82) is 0 Å². The highest BCUT2D eigenvalue weighted by Gasteiger charge is 2.31. The maximum absolute atomic E-state index is 12.0. The Morgan fingerprint density at radius 1 is 1.53 bits per heavy atom. The molecule has 15 heavy (non-hydrogen) atoms. The molecule has 1 aliphatic heterocycles. The average molecular weight is 205 g/mol. The van der Waals surface area contributed by atoms with Gasteiger partial charge in [-0.2, -0.15) is 0 Å². The molecule has 0 spiro atoms. The smallest absolute Gasteiger partial charge is 0.193 e. The van der Waals surface area contributed by atoms with Crippen molar-refractivity contribution in [3.8, 4) is 0 Å². The Labute approximate surface area is 89.5 Å². The lowest BCUT2D eigenvalue weighted by atomic mass is 9.97. The SMILES string of the molecule is Cc1cncc(C(=O)C2OCCC2C)c1. The van der Waals surface area contributed by atoms with Crippen molar-refractivity contribution in [2.45, 2.75) is 26.4 Å². The Hall–Kier alpha value is -1.22. The summed E-state index contributed by atoms with van der Waals surface area (Å²) in [5, 5.41) is 0. The van der Waals surface area contributed by atoms with Gasteiger partial charge in [-0.1, -0.05) is 6.92 Å². The van der Waals surface area contributed by atoms with E-state index in [1.165, 1.54) is 0 Å². The third-order valence-corrected chi connectivity index (χ3v) is 2.81. The van der Waals surface area contributed by atoms with E-state index in [-0.39, 0.29) is 11.9 Å². The summed E-state index contributed by atoms with van der Waals surface area (Å²) in [4.78, 5) is 16.1. The molecular weight excluding hydrogens is 190 g/mol. The van der Waals surface area contributed by atoms with Crippen LogP contribution in [0.4, 0.5) is 0 Å². The Morgan fingerprint density at radius 2 is 2.33 bits per heavy atom. The monoisotopic (exact) mass is 205 g/mol. The fourth-order valence-corrected chi connectivity index (χ4v) is 1.88. The fourth-order valence-electron chi connectivity index (χ4n) is 1.88. The molecule has 0 bridgehead atoms. The van der Waals surface area contributed by atoms with Crippen LogP contribution in [-0.4, -0.2) is 23.5 Å². The van der Waals surface area contributed by atoms with E-state index in [4.69, 9.17) is 4.74 Å². The molecule has 2 atom stereocenters. The largest absolute Gasteiger partial charge is 0.370 e. The third-order valence-electron chi connectivity index (χ3n) is 2.81. The number of pyridine rings is 1. The van der Waals surface area contributed by atoms with Gasteiger partial charge in [-0.3, -0.25) is 9.78 Å². The molecule has 3 nitrogen and oxygen atoms in total. The van der Waals surface area contributed by atoms with Crippen LogP contribution >= 0.6 is 0 Å². The lowest BCUT2D eigenvalue weighted by Crippen LogP contribution is -2.25. The number of ether oxygens (including phenoxy) is 1. The van der Waals surface area contributed by atoms with Crippen molar-refractivity contribution in [2.24, 2.45) is 5.92 Å². The zero-order valence-electron chi connectivity index (χ0n) is 9.06. The van der Waals surface area contributed by atoms with E-state index in [0.717, 1.165) is 12.0 Å². The number of carbonyl (C=O) groups excluding carboxylic acids is 1. The van der Waals surface area contributed by atoms with Crippen molar-refractivity contribution in [1.82, 2.24) is 4.98 Å². The number of hydrogen-bond acceptors (Lipinski definition) is 3. The zero-order chi connectivity index (χ0) is 10.8. The van der Waals surface area contributed by atoms with Crippen molar-refractivity contribution in [3.63, 3.8) is 0 Å². The normalized spacial score (nSPS) is 25.5. The first-order valence-corrected chi connectivity index (χ1v) is 5.26. The Kier molecular flexibility index (Phi) is 2.82. The summed E-state index contributed by atoms with van der Waals surface area (Å²) >= 11 is 0. The van der Waals surface area contributed by atoms with Crippen LogP contribution in [-0.2, 0) is 4.74 Å². The molecule has 0 N–H and O–H groups in total. The first kappa shape index (κ1) is 10.3. The molecule has 0 amide bonds. The van der Waals surface area contributed by atoms with E-state index >= 15 is 0 Å². The van der Waals surface area contributed by atoms with E-state index < -0.39 is 0 Å². The number of nitrogens with zero attached hydrogens (tertiary/aromatic N) is 1. The van der Waals surface area contributed by atoms with Gasteiger partial charge in [-0.25, -0.2) is 0 Å². The van der Waals surface area contributed by atoms with Gasteiger partial charge in [0.2, 0.25) is 0 Å². The maximum Gasteiger partial charge on any atom is 0.193 e. The number of aryl methyl sites for hydroxylation is 1. The summed E-state index contributed by atoms with van der Waals surface area (Å²) in [6.07, 6.45) is 4.06. The second kappa shape index (κ2) is 4.11. The van der Waals surface area contributed by atoms with Gasteiger partial charge in [0, 0.05) is 24.6 Å². The molecule has 1 aromatic heterocycles. The average Bonchev–Trinajstić information content (AvgIpc) is 2.63. The van der Waals surface area contributed by atoms with Crippen molar-refractivity contribution in [3.05, 3.63) is 29.6 Å². The molecule has 80 valence electrons.